The maximum atomic E-state index is 11.3. The van der Waals surface area contributed by atoms with E-state index in [1.807, 2.05) is 0 Å². The van der Waals surface area contributed by atoms with Gasteiger partial charge in [0, 0.05) is 6.61 Å². The second-order valence-corrected chi connectivity index (χ2v) is 15.3. The number of aliphatic hydroxyl groups is 15. The van der Waals surface area contributed by atoms with Crippen LogP contribution in [0, 0.1) is 0 Å². The van der Waals surface area contributed by atoms with E-state index in [-0.39, 0.29) is 19.8 Å². The van der Waals surface area contributed by atoms with Crippen molar-refractivity contribution in [3.8, 4) is 0 Å². The van der Waals surface area contributed by atoms with Gasteiger partial charge in [-0.2, -0.15) is 0 Å². The van der Waals surface area contributed by atoms with Crippen LogP contribution in [0.4, 0.5) is 0 Å². The molecule has 0 aromatic rings. The fourth-order valence-electron chi connectivity index (χ4n) is 7.60. The molecule has 0 amide bonds. The Morgan fingerprint density at radius 3 is 1.20 bits per heavy atom. The number of hydrogen-bond donors (Lipinski definition) is 16. The molecule has 5 aliphatic rings. The molecule has 0 aromatic carbocycles. The maximum absolute atomic E-state index is 11.3. The number of hydrogen-bond acceptors (Lipinski definition) is 26. The molecule has 5 fully saturated rings. The van der Waals surface area contributed by atoms with Crippen LogP contribution < -0.4 is 5.73 Å². The quantitative estimate of drug-likeness (QED) is 0.0603. The summed E-state index contributed by atoms with van der Waals surface area (Å²) in [5.74, 6) is 0. The van der Waals surface area contributed by atoms with Crippen LogP contribution in [0.1, 0.15) is 13.3 Å². The largest absolute Gasteiger partial charge is 0.394 e. The first kappa shape index (κ1) is 50.0. The van der Waals surface area contributed by atoms with Crippen molar-refractivity contribution in [2.45, 2.75) is 167 Å². The SMILES string of the molecule is CC1OC(CO)C(O)C(OC2OC(CO)C(OC3OC(CO)C(OC4OC(COCCCN)C(OC5OC(CO)C(O)C(O)C5O)C(O)C4O)C(O)C3O)C(O)C2O)C1O. The topological polar surface area (TPSA) is 422 Å². The second-order valence-electron chi connectivity index (χ2n) is 15.3. The van der Waals surface area contributed by atoms with Crippen LogP contribution in [-0.4, -0.2) is 276 Å². The fraction of sp³-hybridized carbons (Fsp3) is 1.00. The third kappa shape index (κ3) is 10.7. The van der Waals surface area contributed by atoms with Gasteiger partial charge in [-0.25, -0.2) is 0 Å². The Labute approximate surface area is 342 Å². The molecule has 25 unspecified atom stereocenters. The zero-order chi connectivity index (χ0) is 44.2. The molecule has 26 nitrogen and oxygen atoms in total. The van der Waals surface area contributed by atoms with E-state index in [1.165, 1.54) is 6.92 Å². The molecule has 352 valence electrons. The Balaban J connectivity index is 1.26. The van der Waals surface area contributed by atoms with Crippen molar-refractivity contribution in [3.63, 3.8) is 0 Å². The standard InChI is InChI=1S/C34H61NO25/c1-10-16(40)30(18(42)12(6-37)52-10)60-33-25(49)21(45)27(14(8-39)55-33)57-32-24(48)20(44)28(13(7-38)54-32)58-34-26(50)22(46)29(15(56-34)9-51-4-2-3-35)59-31-23(47)19(43)17(41)11(5-36)53-31/h10-34,36-50H,2-9,35H2,1H3. The van der Waals surface area contributed by atoms with Crippen LogP contribution in [0.15, 0.2) is 0 Å². The van der Waals surface area contributed by atoms with Crippen molar-refractivity contribution in [2.24, 2.45) is 5.73 Å². The smallest absolute Gasteiger partial charge is 0.187 e. The van der Waals surface area contributed by atoms with E-state index in [1.54, 1.807) is 0 Å². The molecule has 25 atom stereocenters. The number of aliphatic hydroxyl groups excluding tert-OH is 15. The van der Waals surface area contributed by atoms with Crippen molar-refractivity contribution < 1.29 is 124 Å². The lowest BCUT2D eigenvalue weighted by Gasteiger charge is -2.49. The molecule has 17 N–H and O–H groups in total. The Morgan fingerprint density at radius 1 is 0.400 bits per heavy atom. The summed E-state index contributed by atoms with van der Waals surface area (Å²) in [6.45, 7) is -1.86. The van der Waals surface area contributed by atoms with Crippen LogP contribution in [-0.2, 0) is 47.4 Å². The molecule has 5 rings (SSSR count). The fourth-order valence-corrected chi connectivity index (χ4v) is 7.60. The van der Waals surface area contributed by atoms with Gasteiger partial charge in [-0.3, -0.25) is 0 Å². The molecular weight excluding hydrogens is 822 g/mol. The van der Waals surface area contributed by atoms with E-state index in [4.69, 9.17) is 53.1 Å². The van der Waals surface area contributed by atoms with Crippen LogP contribution >= 0.6 is 0 Å². The van der Waals surface area contributed by atoms with E-state index in [0.29, 0.717) is 6.42 Å². The van der Waals surface area contributed by atoms with Gasteiger partial charge < -0.3 is 130 Å². The lowest BCUT2D eigenvalue weighted by Crippen LogP contribution is -2.68. The van der Waals surface area contributed by atoms with E-state index < -0.39 is 180 Å². The van der Waals surface area contributed by atoms with Crippen molar-refractivity contribution in [1.29, 1.82) is 0 Å². The zero-order valence-corrected chi connectivity index (χ0v) is 32.5. The van der Waals surface area contributed by atoms with Crippen molar-refractivity contribution in [3.05, 3.63) is 0 Å². The average molecular weight is 884 g/mol. The normalized spacial score (nSPS) is 50.5. The molecule has 26 heteroatoms. The summed E-state index contributed by atoms with van der Waals surface area (Å²) in [5.41, 5.74) is 5.53. The molecule has 60 heavy (non-hydrogen) atoms. The highest BCUT2D eigenvalue weighted by Gasteiger charge is 2.56. The first-order chi connectivity index (χ1) is 28.5. The van der Waals surface area contributed by atoms with Gasteiger partial charge in [0.25, 0.3) is 0 Å². The minimum absolute atomic E-state index is 0.0950. The third-order valence-electron chi connectivity index (χ3n) is 11.2. The molecule has 0 aliphatic carbocycles. The highest BCUT2D eigenvalue weighted by atomic mass is 16.8. The van der Waals surface area contributed by atoms with Crippen LogP contribution in [0.2, 0.25) is 0 Å². The molecule has 0 saturated carbocycles. The lowest BCUT2D eigenvalue weighted by molar-refractivity contribution is -0.391. The number of ether oxygens (including phenoxy) is 10. The minimum Gasteiger partial charge on any atom is -0.394 e. The predicted octanol–water partition coefficient (Wildman–Crippen LogP) is -10.5. The monoisotopic (exact) mass is 883 g/mol. The van der Waals surface area contributed by atoms with E-state index in [0.717, 1.165) is 0 Å². The number of rotatable bonds is 17. The lowest BCUT2D eigenvalue weighted by atomic mass is 9.94. The minimum atomic E-state index is -2.08. The summed E-state index contributed by atoms with van der Waals surface area (Å²) >= 11 is 0. The van der Waals surface area contributed by atoms with Gasteiger partial charge in [0.2, 0.25) is 0 Å². The maximum Gasteiger partial charge on any atom is 0.187 e. The van der Waals surface area contributed by atoms with Crippen LogP contribution in [0.25, 0.3) is 0 Å². The van der Waals surface area contributed by atoms with Gasteiger partial charge in [-0.1, -0.05) is 0 Å². The Hall–Kier alpha value is -1.04. The third-order valence-corrected chi connectivity index (χ3v) is 11.2. The van der Waals surface area contributed by atoms with Crippen molar-refractivity contribution in [1.82, 2.24) is 0 Å². The summed E-state index contributed by atoms with van der Waals surface area (Å²) in [7, 11) is 0. The number of nitrogens with two attached hydrogens (primary N) is 1. The summed E-state index contributed by atoms with van der Waals surface area (Å²) in [6, 6.07) is 0. The van der Waals surface area contributed by atoms with Gasteiger partial charge in [0.15, 0.2) is 25.2 Å². The molecule has 0 bridgehead atoms. The molecule has 0 aromatic heterocycles. The van der Waals surface area contributed by atoms with Gasteiger partial charge in [-0.15, -0.1) is 0 Å². The summed E-state index contributed by atoms with van der Waals surface area (Å²) in [5, 5.41) is 159. The second kappa shape index (κ2) is 22.2. The first-order valence-electron chi connectivity index (χ1n) is 19.6. The predicted molar refractivity (Wildman–Crippen MR) is 187 cm³/mol. The van der Waals surface area contributed by atoms with E-state index >= 15 is 0 Å². The molecular formula is C34H61NO25. The van der Waals surface area contributed by atoms with E-state index in [2.05, 4.69) is 0 Å². The Morgan fingerprint density at radius 2 is 0.767 bits per heavy atom. The average Bonchev–Trinajstić information content (AvgIpc) is 3.24. The Bertz CT molecular complexity index is 1280. The van der Waals surface area contributed by atoms with Gasteiger partial charge in [0.05, 0.1) is 39.1 Å². The van der Waals surface area contributed by atoms with Gasteiger partial charge in [-0.05, 0) is 19.9 Å². The molecule has 0 spiro atoms. The highest BCUT2D eigenvalue weighted by Crippen LogP contribution is 2.35. The summed E-state index contributed by atoms with van der Waals surface area (Å²) in [6.07, 6.45) is -42.2. The molecule has 5 saturated heterocycles. The molecule has 5 aliphatic heterocycles. The van der Waals surface area contributed by atoms with Crippen LogP contribution in [0.5, 0.6) is 0 Å². The van der Waals surface area contributed by atoms with Gasteiger partial charge in [0.1, 0.15) is 122 Å². The summed E-state index contributed by atoms with van der Waals surface area (Å²) < 4.78 is 56.3. The van der Waals surface area contributed by atoms with E-state index in [9.17, 15) is 76.6 Å². The molecule has 0 radical (unpaired) electrons. The van der Waals surface area contributed by atoms with Crippen LogP contribution in [0.3, 0.4) is 0 Å². The zero-order valence-electron chi connectivity index (χ0n) is 32.5. The molecule has 5 heterocycles. The summed E-state index contributed by atoms with van der Waals surface area (Å²) in [4.78, 5) is 0. The van der Waals surface area contributed by atoms with Gasteiger partial charge >= 0.3 is 0 Å². The first-order valence-corrected chi connectivity index (χ1v) is 19.6. The van der Waals surface area contributed by atoms with Crippen molar-refractivity contribution >= 4 is 0 Å². The highest BCUT2D eigenvalue weighted by molar-refractivity contribution is 4.99. The Kier molecular flexibility index (Phi) is 18.5. The van der Waals surface area contributed by atoms with Crippen molar-refractivity contribution in [2.75, 3.05) is 46.2 Å².